The fourth-order valence-corrected chi connectivity index (χ4v) is 7.44. The summed E-state index contributed by atoms with van der Waals surface area (Å²) in [6.45, 7) is 7.61. The lowest BCUT2D eigenvalue weighted by atomic mass is 9.43. The lowest BCUT2D eigenvalue weighted by Crippen LogP contribution is -2.64. The maximum atomic E-state index is 16.8. The SMILES string of the molecule is CC(=O)[C@@]1(O)CC[C@H]2[C@@H]3C[C@@H](C)C4=CC(=O)CC[C@]4(C)[C@@]3(F)CC[C@@]21C. The quantitative estimate of drug-likeness (QED) is 0.761. The Hall–Kier alpha value is -1.03. The number of rotatable bonds is 1. The second kappa shape index (κ2) is 5.27. The van der Waals surface area contributed by atoms with E-state index in [4.69, 9.17) is 0 Å². The highest BCUT2D eigenvalue weighted by molar-refractivity contribution is 5.92. The molecule has 0 saturated heterocycles. The second-order valence-electron chi connectivity index (χ2n) is 9.98. The van der Waals surface area contributed by atoms with Crippen LogP contribution in [0.25, 0.3) is 0 Å². The average Bonchev–Trinajstić information content (AvgIpc) is 2.85. The Balaban J connectivity index is 1.80. The summed E-state index contributed by atoms with van der Waals surface area (Å²) in [5.74, 6) is -0.00769. The predicted molar refractivity (Wildman–Crippen MR) is 97.2 cm³/mol. The molecule has 0 radical (unpaired) electrons. The number of allylic oxidation sites excluding steroid dienone is 1. The van der Waals surface area contributed by atoms with Crippen LogP contribution in [-0.2, 0) is 9.59 Å². The van der Waals surface area contributed by atoms with E-state index >= 15 is 4.39 Å². The molecule has 4 rings (SSSR count). The van der Waals surface area contributed by atoms with Crippen molar-refractivity contribution in [2.45, 2.75) is 83.9 Å². The van der Waals surface area contributed by atoms with E-state index in [1.807, 2.05) is 13.8 Å². The zero-order chi connectivity index (χ0) is 19.1. The highest BCUT2D eigenvalue weighted by atomic mass is 19.1. The zero-order valence-electron chi connectivity index (χ0n) is 16.4. The molecule has 0 spiro atoms. The van der Waals surface area contributed by atoms with E-state index in [1.54, 1.807) is 6.08 Å². The molecule has 4 aliphatic rings. The standard InChI is InChI=1S/C22H31FO3/c1-13-11-18-16-6-8-22(26,14(2)24)20(16,4)9-10-21(18,23)19(3)7-5-15(25)12-17(13)19/h12-13,16,18,26H,5-11H2,1-4H3/t13-,16+,18+,19+,20+,21-,22+/m1/s1. The molecule has 0 aromatic rings. The summed E-state index contributed by atoms with van der Waals surface area (Å²) in [6.07, 6.45) is 5.49. The number of ketones is 2. The van der Waals surface area contributed by atoms with Crippen molar-refractivity contribution in [1.29, 1.82) is 0 Å². The minimum absolute atomic E-state index is 0.0219. The zero-order valence-corrected chi connectivity index (χ0v) is 16.4. The van der Waals surface area contributed by atoms with Crippen molar-refractivity contribution in [3.63, 3.8) is 0 Å². The fraction of sp³-hybridized carbons (Fsp3) is 0.818. The number of carbonyl (C=O) groups is 2. The van der Waals surface area contributed by atoms with E-state index in [1.165, 1.54) is 6.92 Å². The highest BCUT2D eigenvalue weighted by Crippen LogP contribution is 2.71. The normalized spacial score (nSPS) is 53.4. The first-order chi connectivity index (χ1) is 12.0. The Morgan fingerprint density at radius 2 is 1.88 bits per heavy atom. The molecule has 0 unspecified atom stereocenters. The molecular formula is C22H31FO3. The number of aliphatic hydroxyl groups is 1. The van der Waals surface area contributed by atoms with Gasteiger partial charge in [-0.1, -0.05) is 26.3 Å². The molecular weight excluding hydrogens is 331 g/mol. The first kappa shape index (κ1) is 18.3. The minimum atomic E-state index is -1.35. The van der Waals surface area contributed by atoms with Gasteiger partial charge in [-0.2, -0.15) is 0 Å². The smallest absolute Gasteiger partial charge is 0.161 e. The van der Waals surface area contributed by atoms with E-state index in [0.717, 1.165) is 5.57 Å². The molecule has 144 valence electrons. The number of fused-ring (bicyclic) bond motifs is 5. The summed E-state index contributed by atoms with van der Waals surface area (Å²) < 4.78 is 16.8. The van der Waals surface area contributed by atoms with Crippen molar-refractivity contribution < 1.29 is 19.1 Å². The number of Topliss-reactive ketones (excluding diaryl/α,β-unsaturated/α-hetero) is 1. The summed E-state index contributed by atoms with van der Waals surface area (Å²) >= 11 is 0. The molecule has 3 saturated carbocycles. The van der Waals surface area contributed by atoms with Gasteiger partial charge in [0.05, 0.1) is 0 Å². The average molecular weight is 362 g/mol. The van der Waals surface area contributed by atoms with Gasteiger partial charge in [0.1, 0.15) is 11.3 Å². The predicted octanol–water partition coefficient (Wildman–Crippen LogP) is 4.18. The van der Waals surface area contributed by atoms with Crippen molar-refractivity contribution in [3.8, 4) is 0 Å². The third-order valence-corrected chi connectivity index (χ3v) is 9.13. The molecule has 0 amide bonds. The number of hydrogen-bond donors (Lipinski definition) is 1. The second-order valence-corrected chi connectivity index (χ2v) is 9.98. The van der Waals surface area contributed by atoms with Crippen LogP contribution in [0.4, 0.5) is 4.39 Å². The van der Waals surface area contributed by atoms with Gasteiger partial charge in [0.2, 0.25) is 0 Å². The molecule has 3 nitrogen and oxygen atoms in total. The van der Waals surface area contributed by atoms with Crippen LogP contribution in [0.3, 0.4) is 0 Å². The molecule has 1 N–H and O–H groups in total. The lowest BCUT2D eigenvalue weighted by molar-refractivity contribution is -0.185. The van der Waals surface area contributed by atoms with Gasteiger partial charge in [-0.3, -0.25) is 9.59 Å². The van der Waals surface area contributed by atoms with Crippen LogP contribution in [0.15, 0.2) is 11.6 Å². The van der Waals surface area contributed by atoms with Gasteiger partial charge in [0.25, 0.3) is 0 Å². The molecule has 0 aliphatic heterocycles. The Kier molecular flexibility index (Phi) is 3.72. The van der Waals surface area contributed by atoms with Crippen LogP contribution < -0.4 is 0 Å². The summed E-state index contributed by atoms with van der Waals surface area (Å²) in [5.41, 5.74) is -2.81. The Morgan fingerprint density at radius 3 is 2.54 bits per heavy atom. The third kappa shape index (κ3) is 1.92. The van der Waals surface area contributed by atoms with E-state index in [9.17, 15) is 14.7 Å². The molecule has 4 aliphatic carbocycles. The van der Waals surface area contributed by atoms with Crippen LogP contribution in [0.5, 0.6) is 0 Å². The summed E-state index contributed by atoms with van der Waals surface area (Å²) in [5, 5.41) is 11.2. The molecule has 26 heavy (non-hydrogen) atoms. The monoisotopic (exact) mass is 362 g/mol. The molecule has 0 aromatic heterocycles. The third-order valence-electron chi connectivity index (χ3n) is 9.13. The first-order valence-electron chi connectivity index (χ1n) is 10.2. The summed E-state index contributed by atoms with van der Waals surface area (Å²) in [7, 11) is 0. The molecule has 7 atom stereocenters. The van der Waals surface area contributed by atoms with Gasteiger partial charge in [-0.05, 0) is 69.3 Å². The maximum Gasteiger partial charge on any atom is 0.161 e. The van der Waals surface area contributed by atoms with Crippen molar-refractivity contribution >= 4 is 11.6 Å². The van der Waals surface area contributed by atoms with E-state index in [-0.39, 0.29) is 29.3 Å². The van der Waals surface area contributed by atoms with Crippen LogP contribution in [-0.4, -0.2) is 27.9 Å². The Morgan fingerprint density at radius 1 is 1.19 bits per heavy atom. The van der Waals surface area contributed by atoms with E-state index < -0.39 is 22.1 Å². The topological polar surface area (TPSA) is 54.4 Å². The van der Waals surface area contributed by atoms with E-state index in [0.29, 0.717) is 44.9 Å². The van der Waals surface area contributed by atoms with Gasteiger partial charge < -0.3 is 5.11 Å². The number of alkyl halides is 1. The van der Waals surface area contributed by atoms with Gasteiger partial charge in [0.15, 0.2) is 11.6 Å². The van der Waals surface area contributed by atoms with Crippen molar-refractivity contribution in [2.75, 3.05) is 0 Å². The van der Waals surface area contributed by atoms with E-state index in [2.05, 4.69) is 6.92 Å². The van der Waals surface area contributed by atoms with Gasteiger partial charge in [-0.25, -0.2) is 4.39 Å². The van der Waals surface area contributed by atoms with Crippen molar-refractivity contribution in [3.05, 3.63) is 11.6 Å². The first-order valence-corrected chi connectivity index (χ1v) is 10.2. The number of hydrogen-bond acceptors (Lipinski definition) is 3. The van der Waals surface area contributed by atoms with Crippen LogP contribution in [0.2, 0.25) is 0 Å². The van der Waals surface area contributed by atoms with Crippen LogP contribution in [0, 0.1) is 28.6 Å². The minimum Gasteiger partial charge on any atom is -0.382 e. The van der Waals surface area contributed by atoms with Crippen LogP contribution in [0.1, 0.15) is 72.6 Å². The Bertz CT molecular complexity index is 714. The van der Waals surface area contributed by atoms with Crippen molar-refractivity contribution in [1.82, 2.24) is 0 Å². The van der Waals surface area contributed by atoms with Gasteiger partial charge in [-0.15, -0.1) is 0 Å². The maximum absolute atomic E-state index is 16.8. The largest absolute Gasteiger partial charge is 0.382 e. The fourth-order valence-electron chi connectivity index (χ4n) is 7.44. The highest BCUT2D eigenvalue weighted by Gasteiger charge is 2.71. The summed E-state index contributed by atoms with van der Waals surface area (Å²) in [4.78, 5) is 24.3. The Labute approximate surface area is 155 Å². The number of carbonyl (C=O) groups excluding carboxylic acids is 2. The van der Waals surface area contributed by atoms with Crippen molar-refractivity contribution in [2.24, 2.45) is 28.6 Å². The van der Waals surface area contributed by atoms with Crippen LogP contribution >= 0.6 is 0 Å². The molecule has 3 fully saturated rings. The molecule has 4 heteroatoms. The summed E-state index contributed by atoms with van der Waals surface area (Å²) in [6, 6.07) is 0. The molecule has 0 bridgehead atoms. The van der Waals surface area contributed by atoms with Gasteiger partial charge >= 0.3 is 0 Å². The molecule has 0 heterocycles. The lowest BCUT2D eigenvalue weighted by Gasteiger charge is -2.63. The molecule has 0 aromatic carbocycles. The number of halogens is 1. The van der Waals surface area contributed by atoms with Gasteiger partial charge in [0, 0.05) is 17.3 Å².